The third-order valence-electron chi connectivity index (χ3n) is 6.38. The summed E-state index contributed by atoms with van der Waals surface area (Å²) < 4.78 is 40.5. The summed E-state index contributed by atoms with van der Waals surface area (Å²) in [4.78, 5) is 16.2. The molecule has 1 aliphatic heterocycles. The summed E-state index contributed by atoms with van der Waals surface area (Å²) in [5.74, 6) is 0. The number of ether oxygens (including phenoxy) is 2. The van der Waals surface area contributed by atoms with Gasteiger partial charge in [-0.1, -0.05) is 17.7 Å². The fraction of sp³-hybridized carbons (Fsp3) is 0.423. The first kappa shape index (κ1) is 24.6. The van der Waals surface area contributed by atoms with Crippen molar-refractivity contribution in [1.82, 2.24) is 9.29 Å². The van der Waals surface area contributed by atoms with Gasteiger partial charge < -0.3 is 14.5 Å². The second kappa shape index (κ2) is 9.62. The van der Waals surface area contributed by atoms with Crippen molar-refractivity contribution in [1.29, 1.82) is 0 Å². The van der Waals surface area contributed by atoms with E-state index < -0.39 is 16.1 Å². The molecule has 182 valence electrons. The average molecular weight is 485 g/mol. The number of H-pyrrole nitrogens is 1. The van der Waals surface area contributed by atoms with Gasteiger partial charge in [0.1, 0.15) is 0 Å². The molecule has 2 aromatic carbocycles. The van der Waals surface area contributed by atoms with Crippen molar-refractivity contribution >= 4 is 20.9 Å². The number of hydrogen-bond acceptors (Lipinski definition) is 5. The topological polar surface area (TPSA) is 88.7 Å². The third-order valence-corrected chi connectivity index (χ3v) is 8.49. The molecule has 0 saturated carbocycles. The molecule has 34 heavy (non-hydrogen) atoms. The summed E-state index contributed by atoms with van der Waals surface area (Å²) in [5.41, 5.74) is 5.38. The highest BCUT2D eigenvalue weighted by atomic mass is 32.2. The van der Waals surface area contributed by atoms with Crippen LogP contribution in [0.2, 0.25) is 0 Å². The van der Waals surface area contributed by atoms with Gasteiger partial charge in [-0.25, -0.2) is 8.42 Å². The highest BCUT2D eigenvalue weighted by Crippen LogP contribution is 2.27. The lowest BCUT2D eigenvalue weighted by molar-refractivity contribution is -0.0923. The van der Waals surface area contributed by atoms with Crippen LogP contribution in [0, 0.1) is 34.6 Å². The van der Waals surface area contributed by atoms with E-state index in [-0.39, 0.29) is 23.5 Å². The van der Waals surface area contributed by atoms with Crippen LogP contribution in [0.3, 0.4) is 0 Å². The molecule has 8 heteroatoms. The highest BCUT2D eigenvalue weighted by Gasteiger charge is 2.32. The molecule has 0 bridgehead atoms. The SMILES string of the molecule is Cc1cc(C)c(S(=O)(=O)N(Cc2cc3cc(C)c(C)cc3[nH]c2=O)CC2COCCO2)c(C)c1. The molecule has 1 fully saturated rings. The van der Waals surface area contributed by atoms with Crippen molar-refractivity contribution in [2.24, 2.45) is 0 Å². The second-order valence-electron chi connectivity index (χ2n) is 9.24. The van der Waals surface area contributed by atoms with Crippen molar-refractivity contribution in [3.8, 4) is 0 Å². The number of benzene rings is 2. The molecule has 1 saturated heterocycles. The number of sulfonamides is 1. The Labute approximate surface area is 200 Å². The first-order valence-electron chi connectivity index (χ1n) is 11.5. The van der Waals surface area contributed by atoms with Crippen LogP contribution >= 0.6 is 0 Å². The molecule has 0 aliphatic carbocycles. The van der Waals surface area contributed by atoms with Gasteiger partial charge in [0.05, 0.1) is 30.8 Å². The monoisotopic (exact) mass is 484 g/mol. The molecule has 0 spiro atoms. The van der Waals surface area contributed by atoms with Crippen molar-refractivity contribution in [2.75, 3.05) is 26.4 Å². The van der Waals surface area contributed by atoms with E-state index in [9.17, 15) is 13.2 Å². The van der Waals surface area contributed by atoms with E-state index in [4.69, 9.17) is 9.47 Å². The van der Waals surface area contributed by atoms with Crippen molar-refractivity contribution in [3.63, 3.8) is 0 Å². The van der Waals surface area contributed by atoms with E-state index in [0.717, 1.165) is 27.6 Å². The second-order valence-corrected chi connectivity index (χ2v) is 11.1. The fourth-order valence-corrected chi connectivity index (χ4v) is 6.51. The van der Waals surface area contributed by atoms with Crippen LogP contribution in [0.1, 0.15) is 33.4 Å². The Bertz CT molecular complexity index is 1370. The predicted octanol–water partition coefficient (Wildman–Crippen LogP) is 3.68. The number of nitrogens with zero attached hydrogens (tertiary/aromatic N) is 1. The maximum atomic E-state index is 14.0. The lowest BCUT2D eigenvalue weighted by Gasteiger charge is -2.30. The first-order valence-corrected chi connectivity index (χ1v) is 12.9. The maximum Gasteiger partial charge on any atom is 0.252 e. The molecule has 2 heterocycles. The number of aromatic nitrogens is 1. The summed E-state index contributed by atoms with van der Waals surface area (Å²) in [6.07, 6.45) is -0.404. The molecular weight excluding hydrogens is 452 g/mol. The maximum absolute atomic E-state index is 14.0. The van der Waals surface area contributed by atoms with E-state index in [1.54, 1.807) is 19.9 Å². The Morgan fingerprint density at radius 2 is 1.62 bits per heavy atom. The number of fused-ring (bicyclic) bond motifs is 1. The minimum absolute atomic E-state index is 0.0624. The molecule has 1 atom stereocenters. The standard InChI is InChI=1S/C26H32N2O5S/c1-16-8-19(4)25(20(5)9-16)34(30,31)28(14-23-15-32-6-7-33-23)13-22-12-21-10-17(2)18(3)11-24(21)27-26(22)29/h8-12,23H,6-7,13-15H2,1-5H3,(H,27,29). The van der Waals surface area contributed by atoms with E-state index >= 15 is 0 Å². The molecule has 1 aromatic heterocycles. The molecule has 7 nitrogen and oxygen atoms in total. The van der Waals surface area contributed by atoms with Gasteiger partial charge in [-0.05, 0) is 80.5 Å². The lowest BCUT2D eigenvalue weighted by Crippen LogP contribution is -2.43. The summed E-state index contributed by atoms with van der Waals surface area (Å²) in [6.45, 7) is 10.8. The van der Waals surface area contributed by atoms with Crippen LogP contribution in [-0.2, 0) is 26.0 Å². The minimum Gasteiger partial charge on any atom is -0.376 e. The van der Waals surface area contributed by atoms with Crippen LogP contribution in [0.5, 0.6) is 0 Å². The van der Waals surface area contributed by atoms with Gasteiger partial charge in [-0.2, -0.15) is 4.31 Å². The van der Waals surface area contributed by atoms with Crippen LogP contribution < -0.4 is 5.56 Å². The summed E-state index contributed by atoms with van der Waals surface area (Å²) in [5, 5.41) is 0.870. The number of hydrogen-bond donors (Lipinski definition) is 1. The highest BCUT2D eigenvalue weighted by molar-refractivity contribution is 7.89. The third kappa shape index (κ3) is 4.95. The van der Waals surface area contributed by atoms with Gasteiger partial charge in [-0.3, -0.25) is 4.79 Å². The largest absolute Gasteiger partial charge is 0.376 e. The van der Waals surface area contributed by atoms with Gasteiger partial charge in [0.25, 0.3) is 5.56 Å². The van der Waals surface area contributed by atoms with E-state index in [0.29, 0.717) is 36.5 Å². The van der Waals surface area contributed by atoms with Crippen molar-refractivity contribution in [3.05, 3.63) is 74.1 Å². The molecule has 3 aromatic rings. The normalized spacial score (nSPS) is 16.9. The summed E-state index contributed by atoms with van der Waals surface area (Å²) >= 11 is 0. The van der Waals surface area contributed by atoms with E-state index in [1.807, 2.05) is 45.0 Å². The Morgan fingerprint density at radius 3 is 2.26 bits per heavy atom. The Kier molecular flexibility index (Phi) is 6.96. The number of aryl methyl sites for hydroxylation is 5. The van der Waals surface area contributed by atoms with Crippen LogP contribution in [0.4, 0.5) is 0 Å². The quantitative estimate of drug-likeness (QED) is 0.577. The number of nitrogens with one attached hydrogen (secondary N) is 1. The Hall–Kier alpha value is -2.52. The molecular formula is C26H32N2O5S. The molecule has 4 rings (SSSR count). The zero-order valence-electron chi connectivity index (χ0n) is 20.4. The summed E-state index contributed by atoms with van der Waals surface area (Å²) in [7, 11) is -3.92. The van der Waals surface area contributed by atoms with Crippen LogP contribution in [0.25, 0.3) is 10.9 Å². The van der Waals surface area contributed by atoms with E-state index in [2.05, 4.69) is 4.98 Å². The van der Waals surface area contributed by atoms with E-state index in [1.165, 1.54) is 4.31 Å². The first-order chi connectivity index (χ1) is 16.1. The Balaban J connectivity index is 1.79. The molecule has 1 N–H and O–H groups in total. The van der Waals surface area contributed by atoms with Gasteiger partial charge in [-0.15, -0.1) is 0 Å². The van der Waals surface area contributed by atoms with Gasteiger partial charge in [0, 0.05) is 24.2 Å². The number of rotatable bonds is 6. The molecule has 0 radical (unpaired) electrons. The summed E-state index contributed by atoms with van der Waals surface area (Å²) in [6, 6.07) is 9.47. The average Bonchev–Trinajstić information content (AvgIpc) is 2.75. The van der Waals surface area contributed by atoms with Gasteiger partial charge in [0.15, 0.2) is 0 Å². The molecule has 0 amide bonds. The zero-order chi connectivity index (χ0) is 24.6. The zero-order valence-corrected chi connectivity index (χ0v) is 21.2. The fourth-order valence-electron chi connectivity index (χ4n) is 4.65. The minimum atomic E-state index is -3.92. The number of aromatic amines is 1. The number of pyridine rings is 1. The molecule has 1 aliphatic rings. The molecule has 1 unspecified atom stereocenters. The predicted molar refractivity (Wildman–Crippen MR) is 133 cm³/mol. The van der Waals surface area contributed by atoms with Gasteiger partial charge >= 0.3 is 0 Å². The van der Waals surface area contributed by atoms with Gasteiger partial charge in [0.2, 0.25) is 10.0 Å². The lowest BCUT2D eigenvalue weighted by atomic mass is 10.0. The van der Waals surface area contributed by atoms with Crippen molar-refractivity contribution < 1.29 is 17.9 Å². The Morgan fingerprint density at radius 1 is 0.941 bits per heavy atom. The van der Waals surface area contributed by atoms with Crippen LogP contribution in [-0.4, -0.2) is 50.2 Å². The smallest absolute Gasteiger partial charge is 0.252 e. The van der Waals surface area contributed by atoms with Crippen LogP contribution in [0.15, 0.2) is 40.0 Å². The van der Waals surface area contributed by atoms with Crippen molar-refractivity contribution in [2.45, 2.75) is 52.2 Å².